The van der Waals surface area contributed by atoms with E-state index >= 15 is 0 Å². The molecule has 19 heavy (non-hydrogen) atoms. The van der Waals surface area contributed by atoms with Gasteiger partial charge in [0.05, 0.1) is 11.4 Å². The molecule has 0 aliphatic heterocycles. The Labute approximate surface area is 128 Å². The molecular weight excluding hydrogens is 300 g/mol. The monoisotopic (exact) mass is 324 g/mol. The summed E-state index contributed by atoms with van der Waals surface area (Å²) in [6.45, 7) is 7.79. The molecule has 7 heteroatoms. The first kappa shape index (κ1) is 19.0. The maximum absolute atomic E-state index is 8.63. The average molecular weight is 325 g/mol. The molecule has 0 aromatic rings. The third-order valence-corrected chi connectivity index (χ3v) is 6.75. The molecule has 0 aromatic heterocycles. The Hall–Kier alpha value is -0.0100. The Morgan fingerprint density at radius 1 is 0.842 bits per heavy atom. The molecule has 0 radical (unpaired) electrons. The van der Waals surface area contributed by atoms with Crippen LogP contribution in [-0.2, 0) is 0 Å². The molecule has 2 N–H and O–H groups in total. The van der Waals surface area contributed by atoms with Crippen molar-refractivity contribution in [2.24, 2.45) is 10.3 Å². The van der Waals surface area contributed by atoms with E-state index in [9.17, 15) is 0 Å². The molecule has 4 nitrogen and oxygen atoms in total. The fourth-order valence-corrected chi connectivity index (χ4v) is 4.27. The van der Waals surface area contributed by atoms with Crippen molar-refractivity contribution in [3.63, 3.8) is 0 Å². The van der Waals surface area contributed by atoms with Crippen molar-refractivity contribution in [2.75, 3.05) is 23.0 Å². The highest BCUT2D eigenvalue weighted by Gasteiger charge is 2.07. The lowest BCUT2D eigenvalue weighted by atomic mass is 10.3. The summed E-state index contributed by atoms with van der Waals surface area (Å²) in [6, 6.07) is 0. The van der Waals surface area contributed by atoms with E-state index in [-0.39, 0.29) is 10.5 Å². The second kappa shape index (κ2) is 11.8. The first-order chi connectivity index (χ1) is 9.02. The molecule has 0 rings (SSSR count). The molecule has 0 spiro atoms. The van der Waals surface area contributed by atoms with E-state index in [0.29, 0.717) is 0 Å². The van der Waals surface area contributed by atoms with Crippen molar-refractivity contribution in [3.8, 4) is 0 Å². The smallest absolute Gasteiger partial charge is 0.0666 e. The fourth-order valence-electron chi connectivity index (χ4n) is 1.07. The minimum absolute atomic E-state index is 0.281. The lowest BCUT2D eigenvalue weighted by Gasteiger charge is -2.10. The largest absolute Gasteiger partial charge is 0.411 e. The van der Waals surface area contributed by atoms with Crippen LogP contribution in [0.3, 0.4) is 0 Å². The van der Waals surface area contributed by atoms with E-state index in [4.69, 9.17) is 10.4 Å². The quantitative estimate of drug-likeness (QED) is 0.278. The van der Waals surface area contributed by atoms with Crippen molar-refractivity contribution in [2.45, 2.75) is 38.2 Å². The molecule has 112 valence electrons. The predicted octanol–water partition coefficient (Wildman–Crippen LogP) is 3.66. The summed E-state index contributed by atoms with van der Waals surface area (Å²) in [5.74, 6) is 4.34. The summed E-state index contributed by atoms with van der Waals surface area (Å²) in [4.78, 5) is 0. The number of hydrogen-bond acceptors (Lipinski definition) is 7. The first-order valence-electron chi connectivity index (χ1n) is 6.21. The van der Waals surface area contributed by atoms with Gasteiger partial charge in [0.2, 0.25) is 0 Å². The number of hydrogen-bond donors (Lipinski definition) is 2. The van der Waals surface area contributed by atoms with E-state index in [1.165, 1.54) is 0 Å². The Morgan fingerprint density at radius 2 is 1.21 bits per heavy atom. The molecule has 0 aliphatic rings. The molecule has 0 saturated carbocycles. The summed E-state index contributed by atoms with van der Waals surface area (Å²) >= 11 is 5.55. The van der Waals surface area contributed by atoms with Crippen LogP contribution in [0.5, 0.6) is 0 Å². The van der Waals surface area contributed by atoms with Gasteiger partial charge in [-0.2, -0.15) is 35.3 Å². The van der Waals surface area contributed by atoms with Crippen molar-refractivity contribution < 1.29 is 10.4 Å². The van der Waals surface area contributed by atoms with E-state index in [2.05, 4.69) is 24.2 Å². The van der Waals surface area contributed by atoms with Gasteiger partial charge >= 0.3 is 0 Å². The van der Waals surface area contributed by atoms with Gasteiger partial charge in [-0.05, 0) is 27.7 Å². The highest BCUT2D eigenvalue weighted by atomic mass is 32.2. The highest BCUT2D eigenvalue weighted by molar-refractivity contribution is 8.05. The van der Waals surface area contributed by atoms with Gasteiger partial charge in [-0.15, -0.1) is 0 Å². The lowest BCUT2D eigenvalue weighted by Crippen LogP contribution is -2.11. The maximum atomic E-state index is 8.63. The Morgan fingerprint density at radius 3 is 1.53 bits per heavy atom. The number of thioether (sulfide) groups is 3. The highest BCUT2D eigenvalue weighted by Crippen LogP contribution is 2.17. The van der Waals surface area contributed by atoms with Gasteiger partial charge in [0, 0.05) is 33.5 Å². The molecule has 0 heterocycles. The van der Waals surface area contributed by atoms with Crippen LogP contribution in [0.1, 0.15) is 27.7 Å². The Bertz CT molecular complexity index is 271. The second-order valence-electron chi connectivity index (χ2n) is 4.12. The van der Waals surface area contributed by atoms with Gasteiger partial charge in [-0.25, -0.2) is 0 Å². The van der Waals surface area contributed by atoms with E-state index in [1.54, 1.807) is 0 Å². The van der Waals surface area contributed by atoms with Crippen LogP contribution in [0.15, 0.2) is 10.3 Å². The number of rotatable bonds is 10. The second-order valence-corrected chi connectivity index (χ2v) is 8.24. The molecule has 0 fully saturated rings. The molecule has 0 aliphatic carbocycles. The molecule has 0 amide bonds. The van der Waals surface area contributed by atoms with Crippen molar-refractivity contribution in [1.82, 2.24) is 0 Å². The zero-order chi connectivity index (χ0) is 14.7. The minimum Gasteiger partial charge on any atom is -0.411 e. The Kier molecular flexibility index (Phi) is 11.8. The van der Waals surface area contributed by atoms with Gasteiger partial charge < -0.3 is 10.4 Å². The zero-order valence-corrected chi connectivity index (χ0v) is 14.4. The van der Waals surface area contributed by atoms with Crippen LogP contribution in [0.2, 0.25) is 0 Å². The SMILES string of the molecule is C/C(=N\O)C(C)SCCSCCSC(C)/C(C)=N/O. The van der Waals surface area contributed by atoms with E-state index in [0.717, 1.165) is 34.4 Å². The van der Waals surface area contributed by atoms with Crippen LogP contribution < -0.4 is 0 Å². The molecule has 2 atom stereocenters. The van der Waals surface area contributed by atoms with Crippen LogP contribution in [0.4, 0.5) is 0 Å². The van der Waals surface area contributed by atoms with Crippen molar-refractivity contribution >= 4 is 46.7 Å². The van der Waals surface area contributed by atoms with Gasteiger partial charge in [0.1, 0.15) is 0 Å². The normalized spacial score (nSPS) is 16.4. The van der Waals surface area contributed by atoms with Crippen LogP contribution >= 0.6 is 35.3 Å². The molecule has 0 bridgehead atoms. The summed E-state index contributed by atoms with van der Waals surface area (Å²) in [7, 11) is 0. The first-order valence-corrected chi connectivity index (χ1v) is 9.46. The number of oxime groups is 2. The summed E-state index contributed by atoms with van der Waals surface area (Å²) in [5, 5.41) is 24.3. The van der Waals surface area contributed by atoms with E-state index < -0.39 is 0 Å². The summed E-state index contributed by atoms with van der Waals surface area (Å²) in [6.07, 6.45) is 0. The molecule has 2 unspecified atom stereocenters. The molecule has 0 aromatic carbocycles. The lowest BCUT2D eigenvalue weighted by molar-refractivity contribution is 0.317. The average Bonchev–Trinajstić information content (AvgIpc) is 2.43. The van der Waals surface area contributed by atoms with Crippen molar-refractivity contribution in [1.29, 1.82) is 0 Å². The van der Waals surface area contributed by atoms with Gasteiger partial charge in [0.25, 0.3) is 0 Å². The third-order valence-electron chi connectivity index (χ3n) is 2.68. The maximum Gasteiger partial charge on any atom is 0.0666 e. The van der Waals surface area contributed by atoms with Gasteiger partial charge in [0.15, 0.2) is 0 Å². The third kappa shape index (κ3) is 9.51. The fraction of sp³-hybridized carbons (Fsp3) is 0.833. The van der Waals surface area contributed by atoms with Crippen LogP contribution in [0, 0.1) is 0 Å². The van der Waals surface area contributed by atoms with Gasteiger partial charge in [-0.1, -0.05) is 10.3 Å². The summed E-state index contributed by atoms with van der Waals surface area (Å²) in [5.41, 5.74) is 1.55. The van der Waals surface area contributed by atoms with Crippen LogP contribution in [0.25, 0.3) is 0 Å². The van der Waals surface area contributed by atoms with Crippen molar-refractivity contribution in [3.05, 3.63) is 0 Å². The topological polar surface area (TPSA) is 65.2 Å². The van der Waals surface area contributed by atoms with E-state index in [1.807, 2.05) is 49.1 Å². The Balaban J connectivity index is 3.47. The standard InChI is InChI=1S/C12H24N2O2S3/c1-9(13-15)11(3)18-7-5-17-6-8-19-12(4)10(2)14-16/h11-12,15-16H,5-8H2,1-4H3/b13-9+,14-10+. The minimum atomic E-state index is 0.281. The van der Waals surface area contributed by atoms with Crippen LogP contribution in [-0.4, -0.2) is 55.3 Å². The molecule has 0 saturated heterocycles. The zero-order valence-electron chi connectivity index (χ0n) is 12.0. The predicted molar refractivity (Wildman–Crippen MR) is 91.0 cm³/mol. The van der Waals surface area contributed by atoms with Gasteiger partial charge in [-0.3, -0.25) is 0 Å². The number of nitrogens with zero attached hydrogens (tertiary/aromatic N) is 2. The summed E-state index contributed by atoms with van der Waals surface area (Å²) < 4.78 is 0. The molecular formula is C12H24N2O2S3.